The van der Waals surface area contributed by atoms with Gasteiger partial charge in [-0.3, -0.25) is 9.69 Å². The van der Waals surface area contributed by atoms with Gasteiger partial charge in [0.15, 0.2) is 6.61 Å². The number of para-hydroxylation sites is 1. The Bertz CT molecular complexity index is 613. The molecule has 2 unspecified atom stereocenters. The molecule has 3 rings (SSSR count). The van der Waals surface area contributed by atoms with Crippen molar-refractivity contribution in [2.45, 2.75) is 38.1 Å². The van der Waals surface area contributed by atoms with Gasteiger partial charge in [-0.25, -0.2) is 0 Å². The lowest BCUT2D eigenvalue weighted by molar-refractivity contribution is -0.124. The van der Waals surface area contributed by atoms with E-state index in [2.05, 4.69) is 30.1 Å². The predicted molar refractivity (Wildman–Crippen MR) is 111 cm³/mol. The summed E-state index contributed by atoms with van der Waals surface area (Å²) in [4.78, 5) is 15.0. The summed E-state index contributed by atoms with van der Waals surface area (Å²) in [7, 11) is 0. The SMILES string of the molecule is CCC(C)c1ccccc1OCC(=O)NCC1(N2CCOCC2)CCSC1. The molecule has 2 fully saturated rings. The van der Waals surface area contributed by atoms with E-state index in [0.717, 1.165) is 56.4 Å². The van der Waals surface area contributed by atoms with Crippen LogP contribution in [0.25, 0.3) is 0 Å². The highest BCUT2D eigenvalue weighted by Crippen LogP contribution is 2.33. The molecule has 150 valence electrons. The first kappa shape index (κ1) is 20.5. The fourth-order valence-electron chi connectivity index (χ4n) is 3.83. The second-order valence-corrected chi connectivity index (χ2v) is 8.64. The van der Waals surface area contributed by atoms with Gasteiger partial charge in [0.05, 0.1) is 13.2 Å². The third kappa shape index (κ3) is 5.18. The molecule has 2 heterocycles. The van der Waals surface area contributed by atoms with E-state index < -0.39 is 0 Å². The van der Waals surface area contributed by atoms with E-state index in [9.17, 15) is 4.79 Å². The van der Waals surface area contributed by atoms with Gasteiger partial charge in [0.2, 0.25) is 0 Å². The number of nitrogens with zero attached hydrogens (tertiary/aromatic N) is 1. The van der Waals surface area contributed by atoms with Crippen LogP contribution in [0.15, 0.2) is 24.3 Å². The fourth-order valence-corrected chi connectivity index (χ4v) is 5.31. The van der Waals surface area contributed by atoms with Gasteiger partial charge >= 0.3 is 0 Å². The zero-order valence-corrected chi connectivity index (χ0v) is 17.4. The molecule has 0 aromatic heterocycles. The lowest BCUT2D eigenvalue weighted by atomic mass is 9.95. The van der Waals surface area contributed by atoms with Crippen LogP contribution in [0.4, 0.5) is 0 Å². The summed E-state index contributed by atoms with van der Waals surface area (Å²) in [5.41, 5.74) is 1.24. The van der Waals surface area contributed by atoms with Gasteiger partial charge in [-0.2, -0.15) is 11.8 Å². The lowest BCUT2D eigenvalue weighted by Crippen LogP contribution is -2.59. The third-order valence-electron chi connectivity index (χ3n) is 5.80. The van der Waals surface area contributed by atoms with E-state index in [1.54, 1.807) is 0 Å². The van der Waals surface area contributed by atoms with Crippen LogP contribution in [0.5, 0.6) is 5.75 Å². The Morgan fingerprint density at radius 1 is 1.37 bits per heavy atom. The third-order valence-corrected chi connectivity index (χ3v) is 7.03. The standard InChI is InChI=1S/C21H32N2O3S/c1-3-17(2)18-6-4-5-7-19(18)26-14-20(24)22-15-21(8-13-27-16-21)23-9-11-25-12-10-23/h4-7,17H,3,8-16H2,1-2H3,(H,22,24). The first-order valence-corrected chi connectivity index (χ1v) is 11.2. The first-order chi connectivity index (χ1) is 13.1. The molecular formula is C21H32N2O3S. The van der Waals surface area contributed by atoms with Gasteiger partial charge in [-0.05, 0) is 36.1 Å². The lowest BCUT2D eigenvalue weighted by Gasteiger charge is -2.43. The van der Waals surface area contributed by atoms with Crippen LogP contribution in [-0.2, 0) is 9.53 Å². The van der Waals surface area contributed by atoms with Crippen molar-refractivity contribution in [3.8, 4) is 5.75 Å². The number of hydrogen-bond acceptors (Lipinski definition) is 5. The molecule has 0 spiro atoms. The smallest absolute Gasteiger partial charge is 0.258 e. The summed E-state index contributed by atoms with van der Waals surface area (Å²) >= 11 is 1.98. The minimum atomic E-state index is -0.0431. The Hall–Kier alpha value is -1.24. The molecule has 2 aliphatic rings. The second-order valence-electron chi connectivity index (χ2n) is 7.54. The van der Waals surface area contributed by atoms with Crippen LogP contribution in [0.2, 0.25) is 0 Å². The predicted octanol–water partition coefficient (Wildman–Crippen LogP) is 2.90. The van der Waals surface area contributed by atoms with Gasteiger partial charge < -0.3 is 14.8 Å². The number of carbonyl (C=O) groups excluding carboxylic acids is 1. The maximum Gasteiger partial charge on any atom is 0.258 e. The first-order valence-electron chi connectivity index (χ1n) is 10.0. The fraction of sp³-hybridized carbons (Fsp3) is 0.667. The summed E-state index contributed by atoms with van der Waals surface area (Å²) in [5, 5.41) is 3.14. The average Bonchev–Trinajstić information content (AvgIpc) is 3.21. The number of ether oxygens (including phenoxy) is 2. The molecule has 1 amide bonds. The summed E-state index contributed by atoms with van der Waals surface area (Å²) in [6.07, 6.45) is 2.17. The molecule has 0 bridgehead atoms. The van der Waals surface area contributed by atoms with Crippen molar-refractivity contribution in [2.75, 3.05) is 51.0 Å². The summed E-state index contributed by atoms with van der Waals surface area (Å²) < 4.78 is 11.4. The Morgan fingerprint density at radius 3 is 2.85 bits per heavy atom. The highest BCUT2D eigenvalue weighted by atomic mass is 32.2. The zero-order valence-electron chi connectivity index (χ0n) is 16.5. The van der Waals surface area contributed by atoms with Crippen molar-refractivity contribution < 1.29 is 14.3 Å². The van der Waals surface area contributed by atoms with Gasteiger partial charge in [0.25, 0.3) is 5.91 Å². The highest BCUT2D eigenvalue weighted by Gasteiger charge is 2.40. The Kier molecular flexibility index (Phi) is 7.44. The van der Waals surface area contributed by atoms with Crippen molar-refractivity contribution in [1.29, 1.82) is 0 Å². The van der Waals surface area contributed by atoms with Crippen LogP contribution >= 0.6 is 11.8 Å². The topological polar surface area (TPSA) is 50.8 Å². The molecule has 1 aromatic carbocycles. The summed E-state index contributed by atoms with van der Waals surface area (Å²) in [5.74, 6) is 3.43. The van der Waals surface area contributed by atoms with Gasteiger partial charge in [-0.15, -0.1) is 0 Å². The molecule has 1 aromatic rings. The highest BCUT2D eigenvalue weighted by molar-refractivity contribution is 7.99. The number of thioether (sulfide) groups is 1. The zero-order chi connectivity index (χ0) is 19.1. The monoisotopic (exact) mass is 392 g/mol. The number of nitrogens with one attached hydrogen (secondary N) is 1. The van der Waals surface area contributed by atoms with Crippen LogP contribution in [0, 0.1) is 0 Å². The molecule has 0 aliphatic carbocycles. The maximum atomic E-state index is 12.5. The molecule has 0 radical (unpaired) electrons. The van der Waals surface area contributed by atoms with Gasteiger partial charge in [-0.1, -0.05) is 32.0 Å². The van der Waals surface area contributed by atoms with Crippen LogP contribution < -0.4 is 10.1 Å². The molecular weight excluding hydrogens is 360 g/mol. The van der Waals surface area contributed by atoms with Crippen molar-refractivity contribution in [3.63, 3.8) is 0 Å². The number of morpholine rings is 1. The van der Waals surface area contributed by atoms with Crippen molar-refractivity contribution in [1.82, 2.24) is 10.2 Å². The molecule has 2 saturated heterocycles. The number of hydrogen-bond donors (Lipinski definition) is 1. The van der Waals surface area contributed by atoms with Crippen molar-refractivity contribution >= 4 is 17.7 Å². The average molecular weight is 393 g/mol. The largest absolute Gasteiger partial charge is 0.483 e. The minimum absolute atomic E-state index is 0.0431. The molecule has 2 aliphatic heterocycles. The van der Waals surface area contributed by atoms with Crippen molar-refractivity contribution in [3.05, 3.63) is 29.8 Å². The molecule has 2 atom stereocenters. The van der Waals surface area contributed by atoms with Crippen LogP contribution in [0.1, 0.15) is 38.2 Å². The second kappa shape index (κ2) is 9.80. The van der Waals surface area contributed by atoms with E-state index in [4.69, 9.17) is 9.47 Å². The van der Waals surface area contributed by atoms with Gasteiger partial charge in [0.1, 0.15) is 5.75 Å². The van der Waals surface area contributed by atoms with E-state index in [1.807, 2.05) is 30.0 Å². The molecule has 1 N–H and O–H groups in total. The Morgan fingerprint density at radius 2 is 2.15 bits per heavy atom. The molecule has 5 nitrogen and oxygen atoms in total. The van der Waals surface area contributed by atoms with Gasteiger partial charge in [0, 0.05) is 30.9 Å². The van der Waals surface area contributed by atoms with Crippen LogP contribution in [-0.4, -0.2) is 67.3 Å². The van der Waals surface area contributed by atoms with E-state index in [0.29, 0.717) is 12.5 Å². The summed E-state index contributed by atoms with van der Waals surface area (Å²) in [6.45, 7) is 8.59. The maximum absolute atomic E-state index is 12.5. The van der Waals surface area contributed by atoms with E-state index in [-0.39, 0.29) is 18.1 Å². The number of rotatable bonds is 8. The molecule has 0 saturated carbocycles. The molecule has 6 heteroatoms. The number of carbonyl (C=O) groups is 1. The Balaban J connectivity index is 1.53. The number of amides is 1. The Labute approximate surface area is 167 Å². The normalized spacial score (nSPS) is 24.5. The van der Waals surface area contributed by atoms with E-state index >= 15 is 0 Å². The quantitative estimate of drug-likeness (QED) is 0.737. The van der Waals surface area contributed by atoms with Crippen LogP contribution in [0.3, 0.4) is 0 Å². The minimum Gasteiger partial charge on any atom is -0.483 e. The molecule has 27 heavy (non-hydrogen) atoms. The van der Waals surface area contributed by atoms with E-state index in [1.165, 1.54) is 5.56 Å². The number of benzene rings is 1. The van der Waals surface area contributed by atoms with Crippen molar-refractivity contribution in [2.24, 2.45) is 0 Å². The summed E-state index contributed by atoms with van der Waals surface area (Å²) in [6, 6.07) is 8.03.